The molecule has 21 heavy (non-hydrogen) atoms. The number of rotatable bonds is 3. The van der Waals surface area contributed by atoms with Crippen LogP contribution in [0.4, 0.5) is 5.69 Å². The molecule has 4 nitrogen and oxygen atoms in total. The van der Waals surface area contributed by atoms with E-state index in [0.29, 0.717) is 0 Å². The lowest BCUT2D eigenvalue weighted by molar-refractivity contribution is 0.476. The van der Waals surface area contributed by atoms with Crippen LogP contribution in [0.1, 0.15) is 16.6 Å². The summed E-state index contributed by atoms with van der Waals surface area (Å²) in [6.07, 6.45) is 0. The molecule has 0 spiro atoms. The largest absolute Gasteiger partial charge is 0.508 e. The van der Waals surface area contributed by atoms with E-state index in [-0.39, 0.29) is 11.0 Å². The molecule has 0 aliphatic carbocycles. The predicted octanol–water partition coefficient (Wildman–Crippen LogP) is 3.35. The van der Waals surface area contributed by atoms with Crippen LogP contribution in [0.3, 0.4) is 0 Å². The lowest BCUT2D eigenvalue weighted by atomic mass is 10.1. The average molecular weight is 299 g/mol. The maximum atomic E-state index is 9.53. The Balaban J connectivity index is 2.06. The highest BCUT2D eigenvalue weighted by atomic mass is 32.1. The van der Waals surface area contributed by atoms with Crippen LogP contribution in [0.2, 0.25) is 0 Å². The van der Waals surface area contributed by atoms with Crippen molar-refractivity contribution >= 4 is 29.3 Å². The van der Waals surface area contributed by atoms with Gasteiger partial charge in [-0.1, -0.05) is 18.2 Å². The fourth-order valence-corrected chi connectivity index (χ4v) is 2.76. The highest BCUT2D eigenvalue weighted by Crippen LogP contribution is 2.34. The number of aromatic nitrogens is 2. The second kappa shape index (κ2) is 5.33. The maximum Gasteiger partial charge on any atom is 0.124 e. The van der Waals surface area contributed by atoms with Gasteiger partial charge in [-0.15, -0.1) is 0 Å². The molecule has 1 heterocycles. The SMILES string of the molecule is CN(C)c1ccccc1C(S)c1nc2cc(O)ccc2[nH]1. The average Bonchev–Trinajstić information content (AvgIpc) is 2.89. The molecule has 0 saturated heterocycles. The molecule has 3 aromatic rings. The minimum atomic E-state index is -0.154. The third-order valence-corrected chi connectivity index (χ3v) is 3.98. The Morgan fingerprint density at radius 3 is 2.71 bits per heavy atom. The summed E-state index contributed by atoms with van der Waals surface area (Å²) in [6, 6.07) is 13.2. The Labute approximate surface area is 128 Å². The molecule has 0 aliphatic rings. The van der Waals surface area contributed by atoms with Crippen LogP contribution in [-0.2, 0) is 0 Å². The van der Waals surface area contributed by atoms with Gasteiger partial charge < -0.3 is 15.0 Å². The number of aromatic amines is 1. The molecule has 0 saturated carbocycles. The van der Waals surface area contributed by atoms with Gasteiger partial charge in [0.2, 0.25) is 0 Å². The first-order valence-corrected chi connectivity index (χ1v) is 7.21. The lowest BCUT2D eigenvalue weighted by Gasteiger charge is -2.20. The van der Waals surface area contributed by atoms with Crippen LogP contribution in [0.15, 0.2) is 42.5 Å². The zero-order valence-electron chi connectivity index (χ0n) is 11.9. The Hall–Kier alpha value is -2.14. The van der Waals surface area contributed by atoms with E-state index in [1.807, 2.05) is 32.3 Å². The molecule has 1 atom stereocenters. The zero-order chi connectivity index (χ0) is 15.0. The van der Waals surface area contributed by atoms with E-state index in [0.717, 1.165) is 28.1 Å². The van der Waals surface area contributed by atoms with E-state index in [1.165, 1.54) is 0 Å². The van der Waals surface area contributed by atoms with Crippen molar-refractivity contribution in [2.75, 3.05) is 19.0 Å². The summed E-state index contributed by atoms with van der Waals surface area (Å²) in [5, 5.41) is 9.38. The van der Waals surface area contributed by atoms with Crippen LogP contribution in [0, 0.1) is 0 Å². The number of phenols is 1. The van der Waals surface area contributed by atoms with Crippen molar-refractivity contribution < 1.29 is 5.11 Å². The minimum Gasteiger partial charge on any atom is -0.508 e. The number of hydrogen-bond acceptors (Lipinski definition) is 4. The van der Waals surface area contributed by atoms with Crippen molar-refractivity contribution in [2.24, 2.45) is 0 Å². The second-order valence-corrected chi connectivity index (χ2v) is 5.70. The number of nitrogens with zero attached hydrogens (tertiary/aromatic N) is 2. The third-order valence-electron chi connectivity index (χ3n) is 3.46. The third kappa shape index (κ3) is 2.56. The molecule has 2 N–H and O–H groups in total. The number of thiol groups is 1. The number of para-hydroxylation sites is 1. The monoisotopic (exact) mass is 299 g/mol. The highest BCUT2D eigenvalue weighted by Gasteiger charge is 2.18. The van der Waals surface area contributed by atoms with Gasteiger partial charge in [0, 0.05) is 25.8 Å². The molecular weight excluding hydrogens is 282 g/mol. The molecular formula is C16H17N3OS. The van der Waals surface area contributed by atoms with Crippen LogP contribution in [-0.4, -0.2) is 29.2 Å². The van der Waals surface area contributed by atoms with Gasteiger partial charge >= 0.3 is 0 Å². The second-order valence-electron chi connectivity index (χ2n) is 5.18. The highest BCUT2D eigenvalue weighted by molar-refractivity contribution is 7.80. The number of aromatic hydroxyl groups is 1. The quantitative estimate of drug-likeness (QED) is 0.650. The molecule has 0 amide bonds. The van der Waals surface area contributed by atoms with E-state index < -0.39 is 0 Å². The van der Waals surface area contributed by atoms with Crippen molar-refractivity contribution in [3.05, 3.63) is 53.9 Å². The first-order valence-electron chi connectivity index (χ1n) is 6.69. The summed E-state index contributed by atoms with van der Waals surface area (Å²) in [6.45, 7) is 0. The fourth-order valence-electron chi connectivity index (χ4n) is 2.42. The maximum absolute atomic E-state index is 9.53. The van der Waals surface area contributed by atoms with Crippen LogP contribution >= 0.6 is 12.6 Å². The number of fused-ring (bicyclic) bond motifs is 1. The summed E-state index contributed by atoms with van der Waals surface area (Å²) >= 11 is 4.73. The van der Waals surface area contributed by atoms with Gasteiger partial charge in [0.05, 0.1) is 16.3 Å². The van der Waals surface area contributed by atoms with Gasteiger partial charge in [-0.3, -0.25) is 0 Å². The summed E-state index contributed by atoms with van der Waals surface area (Å²) in [5.74, 6) is 0.984. The summed E-state index contributed by atoms with van der Waals surface area (Å²) < 4.78 is 0. The van der Waals surface area contributed by atoms with Gasteiger partial charge in [-0.2, -0.15) is 12.6 Å². The van der Waals surface area contributed by atoms with Crippen LogP contribution in [0.5, 0.6) is 5.75 Å². The number of anilines is 1. The van der Waals surface area contributed by atoms with Crippen molar-refractivity contribution in [1.82, 2.24) is 9.97 Å². The molecule has 0 aliphatic heterocycles. The summed E-state index contributed by atoms with van der Waals surface area (Å²) in [7, 11) is 4.02. The first-order chi connectivity index (χ1) is 10.1. The van der Waals surface area contributed by atoms with Crippen LogP contribution < -0.4 is 4.90 Å². The van der Waals surface area contributed by atoms with E-state index in [1.54, 1.807) is 12.1 Å². The number of nitrogens with one attached hydrogen (secondary N) is 1. The Morgan fingerprint density at radius 2 is 1.95 bits per heavy atom. The van der Waals surface area contributed by atoms with Gasteiger partial charge in [0.15, 0.2) is 0 Å². The topological polar surface area (TPSA) is 52.1 Å². The van der Waals surface area contributed by atoms with E-state index >= 15 is 0 Å². The number of imidazole rings is 1. The van der Waals surface area contributed by atoms with Gasteiger partial charge in [0.25, 0.3) is 0 Å². The van der Waals surface area contributed by atoms with Gasteiger partial charge in [-0.25, -0.2) is 4.98 Å². The number of benzene rings is 2. The van der Waals surface area contributed by atoms with E-state index in [4.69, 9.17) is 12.6 Å². The molecule has 3 rings (SSSR count). The summed E-state index contributed by atoms with van der Waals surface area (Å²) in [5.41, 5.74) is 3.84. The smallest absolute Gasteiger partial charge is 0.124 e. The van der Waals surface area contributed by atoms with Gasteiger partial charge in [0.1, 0.15) is 11.6 Å². The normalized spacial score (nSPS) is 12.5. The first kappa shape index (κ1) is 13.8. The van der Waals surface area contributed by atoms with E-state index in [2.05, 4.69) is 27.0 Å². The van der Waals surface area contributed by atoms with Crippen molar-refractivity contribution in [1.29, 1.82) is 0 Å². The van der Waals surface area contributed by atoms with Crippen molar-refractivity contribution in [2.45, 2.75) is 5.25 Å². The molecule has 108 valence electrons. The van der Waals surface area contributed by atoms with Crippen molar-refractivity contribution in [3.8, 4) is 5.75 Å². The van der Waals surface area contributed by atoms with E-state index in [9.17, 15) is 5.11 Å². The zero-order valence-corrected chi connectivity index (χ0v) is 12.8. The Morgan fingerprint density at radius 1 is 1.19 bits per heavy atom. The number of phenolic OH excluding ortho intramolecular Hbond substituents is 1. The Kier molecular flexibility index (Phi) is 3.51. The predicted molar refractivity (Wildman–Crippen MR) is 89.4 cm³/mol. The standard InChI is InChI=1S/C16H17N3OS/c1-19(2)14-6-4-3-5-11(14)15(21)16-17-12-8-7-10(20)9-13(12)18-16/h3-9,15,20-21H,1-2H3,(H,17,18). The Bertz CT molecular complexity index is 782. The molecule has 0 bridgehead atoms. The lowest BCUT2D eigenvalue weighted by Crippen LogP contribution is -2.12. The minimum absolute atomic E-state index is 0.154. The molecule has 5 heteroatoms. The molecule has 0 radical (unpaired) electrons. The molecule has 0 fully saturated rings. The summed E-state index contributed by atoms with van der Waals surface area (Å²) in [4.78, 5) is 9.87. The van der Waals surface area contributed by atoms with Crippen molar-refractivity contribution in [3.63, 3.8) is 0 Å². The molecule has 1 unspecified atom stereocenters. The van der Waals surface area contributed by atoms with Gasteiger partial charge in [-0.05, 0) is 23.8 Å². The molecule has 2 aromatic carbocycles. The van der Waals surface area contributed by atoms with Crippen LogP contribution in [0.25, 0.3) is 11.0 Å². The number of H-pyrrole nitrogens is 1. The fraction of sp³-hybridized carbons (Fsp3) is 0.188. The number of hydrogen-bond donors (Lipinski definition) is 3. The molecule has 1 aromatic heterocycles.